The molecule has 0 spiro atoms. The highest BCUT2D eigenvalue weighted by Crippen LogP contribution is 2.34. The highest BCUT2D eigenvalue weighted by atomic mass is 16.5. The predicted octanol–water partition coefficient (Wildman–Crippen LogP) is 1.99. The zero-order valence-electron chi connectivity index (χ0n) is 9.42. The van der Waals surface area contributed by atoms with Crippen molar-refractivity contribution in [3.8, 4) is 5.75 Å². The number of H-pyrrole nitrogens is 1. The van der Waals surface area contributed by atoms with E-state index in [-0.39, 0.29) is 6.04 Å². The van der Waals surface area contributed by atoms with Gasteiger partial charge >= 0.3 is 0 Å². The zero-order chi connectivity index (χ0) is 11.1. The molecule has 1 aliphatic heterocycles. The normalized spacial score (nSPS) is 16.1. The molecule has 1 atom stereocenters. The van der Waals surface area contributed by atoms with Crippen molar-refractivity contribution in [2.45, 2.75) is 25.8 Å². The lowest BCUT2D eigenvalue weighted by atomic mass is 10.0. The Labute approximate surface area is 94.6 Å². The molecule has 2 heterocycles. The molecule has 0 saturated carbocycles. The van der Waals surface area contributed by atoms with E-state index in [9.17, 15) is 0 Å². The van der Waals surface area contributed by atoms with Crippen molar-refractivity contribution in [1.29, 1.82) is 0 Å². The van der Waals surface area contributed by atoms with Crippen LogP contribution in [0.3, 0.4) is 0 Å². The van der Waals surface area contributed by atoms with Gasteiger partial charge in [0.15, 0.2) is 0 Å². The average molecular weight is 216 g/mol. The Hall–Kier alpha value is -1.48. The molecule has 1 aromatic heterocycles. The summed E-state index contributed by atoms with van der Waals surface area (Å²) in [6.07, 6.45) is 4.00. The number of fused-ring (bicyclic) bond motifs is 3. The molecule has 3 nitrogen and oxygen atoms in total. The van der Waals surface area contributed by atoms with Crippen LogP contribution in [-0.4, -0.2) is 17.6 Å². The summed E-state index contributed by atoms with van der Waals surface area (Å²) >= 11 is 0. The molecule has 1 aliphatic rings. The largest absolute Gasteiger partial charge is 0.493 e. The van der Waals surface area contributed by atoms with Crippen LogP contribution in [0.2, 0.25) is 0 Å². The van der Waals surface area contributed by atoms with Crippen molar-refractivity contribution in [2.75, 3.05) is 6.61 Å². The number of aromatic amines is 1. The van der Waals surface area contributed by atoms with E-state index in [0.717, 1.165) is 25.2 Å². The van der Waals surface area contributed by atoms with E-state index >= 15 is 0 Å². The van der Waals surface area contributed by atoms with Crippen molar-refractivity contribution in [1.82, 2.24) is 4.98 Å². The van der Waals surface area contributed by atoms with Crippen LogP contribution in [0.4, 0.5) is 0 Å². The number of aromatic nitrogens is 1. The van der Waals surface area contributed by atoms with Crippen molar-refractivity contribution in [3.05, 3.63) is 29.5 Å². The van der Waals surface area contributed by atoms with Gasteiger partial charge in [-0.2, -0.15) is 0 Å². The van der Waals surface area contributed by atoms with E-state index in [2.05, 4.69) is 23.3 Å². The van der Waals surface area contributed by atoms with E-state index in [0.29, 0.717) is 0 Å². The first kappa shape index (κ1) is 9.73. The molecule has 0 amide bonds. The van der Waals surface area contributed by atoms with Crippen molar-refractivity contribution in [2.24, 2.45) is 5.73 Å². The molecular formula is C13H16N2O. The predicted molar refractivity (Wildman–Crippen MR) is 64.9 cm³/mol. The van der Waals surface area contributed by atoms with Crippen LogP contribution in [0, 0.1) is 0 Å². The van der Waals surface area contributed by atoms with E-state index in [1.807, 2.05) is 6.92 Å². The summed E-state index contributed by atoms with van der Waals surface area (Å²) in [6.45, 7) is 2.84. The summed E-state index contributed by atoms with van der Waals surface area (Å²) in [5.41, 5.74) is 9.72. The molecule has 0 aliphatic carbocycles. The Morgan fingerprint density at radius 1 is 1.50 bits per heavy atom. The fourth-order valence-electron chi connectivity index (χ4n) is 2.51. The molecular weight excluding hydrogens is 200 g/mol. The summed E-state index contributed by atoms with van der Waals surface area (Å²) in [6, 6.07) is 4.33. The van der Waals surface area contributed by atoms with Gasteiger partial charge in [0.1, 0.15) is 5.75 Å². The fraction of sp³-hybridized carbons (Fsp3) is 0.385. The molecule has 3 N–H and O–H groups in total. The molecule has 0 radical (unpaired) electrons. The van der Waals surface area contributed by atoms with Gasteiger partial charge in [0.2, 0.25) is 0 Å². The van der Waals surface area contributed by atoms with Crippen LogP contribution in [0.5, 0.6) is 5.75 Å². The third-order valence-corrected chi connectivity index (χ3v) is 3.14. The first-order valence-corrected chi connectivity index (χ1v) is 5.76. The highest BCUT2D eigenvalue weighted by molar-refractivity contribution is 5.89. The Morgan fingerprint density at radius 2 is 2.38 bits per heavy atom. The minimum absolute atomic E-state index is 0.192. The van der Waals surface area contributed by atoms with Crippen molar-refractivity contribution < 1.29 is 4.74 Å². The standard InChI is InChI=1S/C13H16N2O/c1-8(14)6-9-7-15-11-2-3-12-10(13(9)11)4-5-16-12/h2-3,7-8,15H,4-6,14H2,1H3. The number of rotatable bonds is 2. The van der Waals surface area contributed by atoms with Crippen LogP contribution < -0.4 is 10.5 Å². The quantitative estimate of drug-likeness (QED) is 0.806. The van der Waals surface area contributed by atoms with Gasteiger partial charge in [-0.3, -0.25) is 0 Å². The number of nitrogens with one attached hydrogen (secondary N) is 1. The van der Waals surface area contributed by atoms with Crippen LogP contribution in [0.1, 0.15) is 18.1 Å². The molecule has 3 rings (SSSR count). The second-order valence-electron chi connectivity index (χ2n) is 4.56. The van der Waals surface area contributed by atoms with E-state index < -0.39 is 0 Å². The third kappa shape index (κ3) is 1.39. The van der Waals surface area contributed by atoms with Gasteiger partial charge in [0.25, 0.3) is 0 Å². The lowest BCUT2D eigenvalue weighted by molar-refractivity contribution is 0.357. The SMILES string of the molecule is CC(N)Cc1c[nH]c2ccc3c(c12)CCO3. The van der Waals surface area contributed by atoms with Gasteiger partial charge in [-0.05, 0) is 31.0 Å². The maximum Gasteiger partial charge on any atom is 0.123 e. The Morgan fingerprint density at radius 3 is 3.19 bits per heavy atom. The van der Waals surface area contributed by atoms with Gasteiger partial charge in [-0.25, -0.2) is 0 Å². The van der Waals surface area contributed by atoms with Crippen LogP contribution in [0.15, 0.2) is 18.3 Å². The van der Waals surface area contributed by atoms with Gasteiger partial charge in [-0.15, -0.1) is 0 Å². The van der Waals surface area contributed by atoms with Gasteiger partial charge < -0.3 is 15.5 Å². The number of nitrogens with two attached hydrogens (primary N) is 1. The fourth-order valence-corrected chi connectivity index (χ4v) is 2.51. The first-order chi connectivity index (χ1) is 7.75. The minimum Gasteiger partial charge on any atom is -0.493 e. The number of hydrogen-bond acceptors (Lipinski definition) is 2. The van der Waals surface area contributed by atoms with E-state index in [4.69, 9.17) is 10.5 Å². The van der Waals surface area contributed by atoms with E-state index in [1.165, 1.54) is 22.0 Å². The first-order valence-electron chi connectivity index (χ1n) is 5.76. The molecule has 1 unspecified atom stereocenters. The summed E-state index contributed by atoms with van der Waals surface area (Å²) < 4.78 is 5.59. The third-order valence-electron chi connectivity index (χ3n) is 3.14. The summed E-state index contributed by atoms with van der Waals surface area (Å²) in [7, 11) is 0. The van der Waals surface area contributed by atoms with Crippen LogP contribution in [-0.2, 0) is 12.8 Å². The number of ether oxygens (including phenoxy) is 1. The Balaban J connectivity index is 2.20. The topological polar surface area (TPSA) is 51.0 Å². The smallest absolute Gasteiger partial charge is 0.123 e. The number of hydrogen-bond donors (Lipinski definition) is 2. The average Bonchev–Trinajstić information content (AvgIpc) is 2.82. The molecule has 0 bridgehead atoms. The van der Waals surface area contributed by atoms with E-state index in [1.54, 1.807) is 0 Å². The maximum absolute atomic E-state index is 5.87. The summed E-state index contributed by atoms with van der Waals surface area (Å²) in [5, 5.41) is 1.33. The van der Waals surface area contributed by atoms with Gasteiger partial charge in [0.05, 0.1) is 6.61 Å². The number of benzene rings is 1. The zero-order valence-corrected chi connectivity index (χ0v) is 9.42. The lowest BCUT2D eigenvalue weighted by Crippen LogP contribution is -2.17. The van der Waals surface area contributed by atoms with Crippen LogP contribution >= 0.6 is 0 Å². The molecule has 2 aromatic rings. The maximum atomic E-state index is 5.87. The molecule has 3 heteroatoms. The summed E-state index contributed by atoms with van der Waals surface area (Å²) in [5.74, 6) is 1.04. The molecule has 0 fully saturated rings. The Kier molecular flexibility index (Phi) is 2.14. The second-order valence-corrected chi connectivity index (χ2v) is 4.56. The Bertz CT molecular complexity index is 528. The second kappa shape index (κ2) is 3.52. The van der Waals surface area contributed by atoms with Gasteiger partial charge in [0, 0.05) is 35.1 Å². The molecule has 0 saturated heterocycles. The van der Waals surface area contributed by atoms with Crippen molar-refractivity contribution >= 4 is 10.9 Å². The lowest BCUT2D eigenvalue weighted by Gasteiger charge is -2.06. The van der Waals surface area contributed by atoms with Crippen molar-refractivity contribution in [3.63, 3.8) is 0 Å². The summed E-state index contributed by atoms with van der Waals surface area (Å²) in [4.78, 5) is 3.31. The molecule has 84 valence electrons. The highest BCUT2D eigenvalue weighted by Gasteiger charge is 2.18. The monoisotopic (exact) mass is 216 g/mol. The van der Waals surface area contributed by atoms with Gasteiger partial charge in [-0.1, -0.05) is 0 Å². The molecule has 1 aromatic carbocycles. The van der Waals surface area contributed by atoms with Crippen LogP contribution in [0.25, 0.3) is 10.9 Å². The molecule has 16 heavy (non-hydrogen) atoms. The minimum atomic E-state index is 0.192.